The number of hydrogen-bond donors (Lipinski definition) is 2. The molecule has 0 bridgehead atoms. The first-order valence-electron chi connectivity index (χ1n) is 7.40. The first-order valence-corrected chi connectivity index (χ1v) is 7.40. The van der Waals surface area contributed by atoms with Crippen LogP contribution < -0.4 is 21.9 Å². The molecule has 120 valence electrons. The van der Waals surface area contributed by atoms with E-state index in [2.05, 4.69) is 17.6 Å². The third-order valence-electron chi connectivity index (χ3n) is 4.22. The van der Waals surface area contributed by atoms with Gasteiger partial charge in [0.25, 0.3) is 5.56 Å². The number of aryl methyl sites for hydroxylation is 1. The second-order valence-electron chi connectivity index (χ2n) is 5.59. The van der Waals surface area contributed by atoms with E-state index >= 15 is 0 Å². The lowest BCUT2D eigenvalue weighted by Gasteiger charge is -2.28. The zero-order valence-corrected chi connectivity index (χ0v) is 13.2. The lowest BCUT2D eigenvalue weighted by molar-refractivity contribution is 0.248. The first-order chi connectivity index (χ1) is 10.9. The third-order valence-corrected chi connectivity index (χ3v) is 4.22. The lowest BCUT2D eigenvalue weighted by atomic mass is 9.97. The van der Waals surface area contributed by atoms with Gasteiger partial charge in [-0.2, -0.15) is 0 Å². The van der Waals surface area contributed by atoms with Gasteiger partial charge in [0.2, 0.25) is 0 Å². The van der Waals surface area contributed by atoms with Crippen LogP contribution in [0.3, 0.4) is 0 Å². The van der Waals surface area contributed by atoms with E-state index in [4.69, 9.17) is 0 Å². The van der Waals surface area contributed by atoms with Crippen molar-refractivity contribution in [3.8, 4) is 0 Å². The van der Waals surface area contributed by atoms with Gasteiger partial charge in [-0.3, -0.25) is 19.2 Å². The maximum atomic E-state index is 12.6. The fourth-order valence-electron chi connectivity index (χ4n) is 2.82. The molecule has 23 heavy (non-hydrogen) atoms. The summed E-state index contributed by atoms with van der Waals surface area (Å²) in [6.45, 7) is 2.06. The molecule has 2 amide bonds. The van der Waals surface area contributed by atoms with Crippen molar-refractivity contribution in [3.05, 3.63) is 61.8 Å². The van der Waals surface area contributed by atoms with Gasteiger partial charge in [-0.25, -0.2) is 9.59 Å². The summed E-state index contributed by atoms with van der Waals surface area (Å²) in [4.78, 5) is 36.6. The van der Waals surface area contributed by atoms with Crippen molar-refractivity contribution in [1.29, 1.82) is 0 Å². The normalized spacial score (nSPS) is 16.5. The van der Waals surface area contributed by atoms with Crippen molar-refractivity contribution in [3.63, 3.8) is 0 Å². The smallest absolute Gasteiger partial charge is 0.327 e. The van der Waals surface area contributed by atoms with Crippen LogP contribution >= 0.6 is 0 Å². The molecule has 0 spiro atoms. The Morgan fingerprint density at radius 2 is 1.70 bits per heavy atom. The molecule has 0 radical (unpaired) electrons. The van der Waals surface area contributed by atoms with Crippen LogP contribution in [0.15, 0.2) is 33.9 Å². The fourth-order valence-corrected chi connectivity index (χ4v) is 2.82. The summed E-state index contributed by atoms with van der Waals surface area (Å²) >= 11 is 0. The summed E-state index contributed by atoms with van der Waals surface area (Å²) in [7, 11) is 2.96. The molecular formula is C16H18N4O3. The van der Waals surface area contributed by atoms with Crippen LogP contribution in [-0.4, -0.2) is 15.2 Å². The van der Waals surface area contributed by atoms with Gasteiger partial charge in [0.05, 0.1) is 11.6 Å². The van der Waals surface area contributed by atoms with E-state index in [0.717, 1.165) is 16.6 Å². The highest BCUT2D eigenvalue weighted by molar-refractivity contribution is 5.92. The lowest BCUT2D eigenvalue weighted by Crippen LogP contribution is -2.49. The Kier molecular flexibility index (Phi) is 3.55. The van der Waals surface area contributed by atoms with Crippen molar-refractivity contribution in [2.75, 3.05) is 5.32 Å². The van der Waals surface area contributed by atoms with Crippen molar-refractivity contribution < 1.29 is 4.79 Å². The molecule has 1 aliphatic rings. The predicted octanol–water partition coefficient (Wildman–Crippen LogP) is 0.871. The van der Waals surface area contributed by atoms with Crippen molar-refractivity contribution in [2.24, 2.45) is 14.1 Å². The molecule has 3 rings (SSSR count). The summed E-state index contributed by atoms with van der Waals surface area (Å²) in [6.07, 6.45) is 0.908. The van der Waals surface area contributed by atoms with Crippen LogP contribution in [0.2, 0.25) is 0 Å². The van der Waals surface area contributed by atoms with Crippen LogP contribution in [0.5, 0.6) is 0 Å². The quantitative estimate of drug-likeness (QED) is 0.862. The summed E-state index contributed by atoms with van der Waals surface area (Å²) in [5, 5.41) is 5.32. The molecule has 7 nitrogen and oxygen atoms in total. The van der Waals surface area contributed by atoms with E-state index in [1.165, 1.54) is 24.2 Å². The van der Waals surface area contributed by atoms with Crippen LogP contribution in [0.4, 0.5) is 10.6 Å². The first kappa shape index (κ1) is 15.1. The minimum absolute atomic E-state index is 0.242. The molecule has 2 heterocycles. The number of benzene rings is 1. The monoisotopic (exact) mass is 314 g/mol. The summed E-state index contributed by atoms with van der Waals surface area (Å²) in [5.74, 6) is 0.242. The van der Waals surface area contributed by atoms with Gasteiger partial charge in [-0.1, -0.05) is 31.2 Å². The maximum absolute atomic E-state index is 12.6. The average molecular weight is 314 g/mol. The number of rotatable bonds is 2. The van der Waals surface area contributed by atoms with Gasteiger partial charge in [0, 0.05) is 14.1 Å². The van der Waals surface area contributed by atoms with Gasteiger partial charge in [0.15, 0.2) is 0 Å². The minimum Gasteiger partial charge on any atom is -0.327 e. The molecule has 2 N–H and O–H groups in total. The van der Waals surface area contributed by atoms with E-state index in [0.29, 0.717) is 5.56 Å². The Morgan fingerprint density at radius 3 is 2.30 bits per heavy atom. The summed E-state index contributed by atoms with van der Waals surface area (Å²) in [6, 6.07) is 6.69. The predicted molar refractivity (Wildman–Crippen MR) is 86.7 cm³/mol. The van der Waals surface area contributed by atoms with E-state index in [1.54, 1.807) is 0 Å². The zero-order chi connectivity index (χ0) is 16.7. The van der Waals surface area contributed by atoms with Crippen molar-refractivity contribution >= 4 is 11.8 Å². The number of hydrogen-bond acceptors (Lipinski definition) is 3. The number of amides is 2. The SMILES string of the molecule is CCc1ccc(C2NC(=O)Nc3c2c(=O)n(C)c(=O)n3C)cc1. The maximum Gasteiger partial charge on any atom is 0.332 e. The highest BCUT2D eigenvalue weighted by Gasteiger charge is 2.31. The van der Waals surface area contributed by atoms with Crippen LogP contribution in [0, 0.1) is 0 Å². The molecule has 1 unspecified atom stereocenters. The minimum atomic E-state index is -0.588. The number of carbonyl (C=O) groups excluding carboxylic acids is 1. The van der Waals surface area contributed by atoms with Crippen LogP contribution in [0.25, 0.3) is 0 Å². The molecule has 0 aliphatic carbocycles. The van der Waals surface area contributed by atoms with Gasteiger partial charge in [0.1, 0.15) is 5.82 Å². The number of urea groups is 1. The number of anilines is 1. The molecule has 1 aromatic carbocycles. The largest absolute Gasteiger partial charge is 0.332 e. The van der Waals surface area contributed by atoms with E-state index in [9.17, 15) is 14.4 Å². The van der Waals surface area contributed by atoms with Gasteiger partial charge < -0.3 is 5.32 Å². The third kappa shape index (κ3) is 2.34. The highest BCUT2D eigenvalue weighted by atomic mass is 16.2. The van der Waals surface area contributed by atoms with Gasteiger partial charge >= 0.3 is 11.7 Å². The Labute approximate surface area is 132 Å². The molecule has 1 aliphatic heterocycles. The number of aromatic nitrogens is 2. The molecular weight excluding hydrogens is 296 g/mol. The standard InChI is InChI=1S/C16H18N4O3/c1-4-9-5-7-10(8-6-9)12-11-13(18-15(22)17-12)19(2)16(23)20(3)14(11)21/h5-8,12H,4H2,1-3H3,(H2,17,18,22). The van der Waals surface area contributed by atoms with E-state index in [1.807, 2.05) is 24.3 Å². The Balaban J connectivity index is 2.24. The molecule has 1 atom stereocenters. The number of nitrogens with zero attached hydrogens (tertiary/aromatic N) is 2. The number of carbonyl (C=O) groups is 1. The molecule has 0 fully saturated rings. The number of fused-ring (bicyclic) bond motifs is 1. The Hall–Kier alpha value is -2.83. The van der Waals surface area contributed by atoms with Crippen molar-refractivity contribution in [2.45, 2.75) is 19.4 Å². The molecule has 1 aromatic heterocycles. The highest BCUT2D eigenvalue weighted by Crippen LogP contribution is 2.28. The Bertz CT molecular complexity index is 893. The Morgan fingerprint density at radius 1 is 1.04 bits per heavy atom. The molecule has 2 aromatic rings. The summed E-state index contributed by atoms with van der Waals surface area (Å²) < 4.78 is 2.33. The average Bonchev–Trinajstić information content (AvgIpc) is 2.57. The molecule has 0 saturated carbocycles. The molecule has 7 heteroatoms. The fraction of sp³-hybridized carbons (Fsp3) is 0.312. The van der Waals surface area contributed by atoms with Crippen molar-refractivity contribution in [1.82, 2.24) is 14.5 Å². The van der Waals surface area contributed by atoms with Gasteiger partial charge in [-0.05, 0) is 17.5 Å². The van der Waals surface area contributed by atoms with Crippen LogP contribution in [0.1, 0.15) is 29.7 Å². The van der Waals surface area contributed by atoms with Crippen LogP contribution in [-0.2, 0) is 20.5 Å². The number of nitrogens with one attached hydrogen (secondary N) is 2. The zero-order valence-electron chi connectivity index (χ0n) is 13.2. The topological polar surface area (TPSA) is 85.1 Å². The van der Waals surface area contributed by atoms with E-state index in [-0.39, 0.29) is 5.82 Å². The molecule has 0 saturated heterocycles. The van der Waals surface area contributed by atoms with Gasteiger partial charge in [-0.15, -0.1) is 0 Å². The summed E-state index contributed by atoms with van der Waals surface area (Å²) in [5.41, 5.74) is 1.44. The van der Waals surface area contributed by atoms with E-state index < -0.39 is 23.3 Å². The second-order valence-corrected chi connectivity index (χ2v) is 5.59. The second kappa shape index (κ2) is 5.42.